The van der Waals surface area contributed by atoms with Crippen LogP contribution >= 0.6 is 11.6 Å². The number of aliphatic hydroxyl groups is 1. The third-order valence-electron chi connectivity index (χ3n) is 6.03. The van der Waals surface area contributed by atoms with Crippen molar-refractivity contribution < 1.29 is 19.3 Å². The highest BCUT2D eigenvalue weighted by molar-refractivity contribution is 6.30. The summed E-state index contributed by atoms with van der Waals surface area (Å²) >= 11 is 6.03. The lowest BCUT2D eigenvalue weighted by molar-refractivity contribution is -0.00630. The van der Waals surface area contributed by atoms with Gasteiger partial charge in [-0.3, -0.25) is 18.9 Å². The number of hydrogen-bond acceptors (Lipinski definition) is 7. The third kappa shape index (κ3) is 5.56. The molecule has 1 unspecified atom stereocenters. The zero-order valence-electron chi connectivity index (χ0n) is 19.8. The fourth-order valence-electron chi connectivity index (χ4n) is 4.21. The smallest absolute Gasteiger partial charge is 0.332 e. The normalized spacial score (nSPS) is 14.6. The Morgan fingerprint density at radius 3 is 2.61 bits per heavy atom. The molecule has 1 aliphatic rings. The molecule has 2 N–H and O–H groups in total. The molecular formula is C25H28ClFN4O5. The van der Waals surface area contributed by atoms with Gasteiger partial charge in [-0.25, -0.2) is 4.79 Å². The number of benzene rings is 2. The molecule has 1 aromatic heterocycles. The minimum Gasteiger partial charge on any atom is -0.396 e. The van der Waals surface area contributed by atoms with Crippen LogP contribution in [0.2, 0.25) is 5.02 Å². The van der Waals surface area contributed by atoms with Gasteiger partial charge in [0.05, 0.1) is 6.61 Å². The predicted octanol–water partition coefficient (Wildman–Crippen LogP) is 3.21. The van der Waals surface area contributed by atoms with Crippen molar-refractivity contribution in [2.75, 3.05) is 23.4 Å². The highest BCUT2D eigenvalue weighted by Gasteiger charge is 2.35. The van der Waals surface area contributed by atoms with E-state index in [0.717, 1.165) is 15.7 Å². The number of fused-ring (bicyclic) bond motifs is 1. The van der Waals surface area contributed by atoms with Crippen LogP contribution in [0.5, 0.6) is 5.75 Å². The number of nitrogens with zero attached hydrogens (tertiary/aromatic N) is 3. The maximum absolute atomic E-state index is 13.4. The van der Waals surface area contributed by atoms with E-state index < -0.39 is 17.6 Å². The maximum Gasteiger partial charge on any atom is 0.332 e. The number of nitrogens with one attached hydrogen (secondary N) is 1. The van der Waals surface area contributed by atoms with Gasteiger partial charge in [-0.1, -0.05) is 35.9 Å². The zero-order chi connectivity index (χ0) is 25.7. The van der Waals surface area contributed by atoms with Crippen LogP contribution in [0.15, 0.2) is 58.1 Å². The van der Waals surface area contributed by atoms with E-state index in [4.69, 9.17) is 16.3 Å². The lowest BCUT2D eigenvalue weighted by atomic mass is 10.1. The summed E-state index contributed by atoms with van der Waals surface area (Å²) in [6, 6.07) is 14.0. The van der Waals surface area contributed by atoms with Crippen molar-refractivity contribution in [1.82, 2.24) is 9.13 Å². The van der Waals surface area contributed by atoms with Crippen molar-refractivity contribution in [3.63, 3.8) is 0 Å². The van der Waals surface area contributed by atoms with E-state index in [1.807, 2.05) is 18.2 Å². The van der Waals surface area contributed by atoms with E-state index in [1.165, 1.54) is 10.6 Å². The van der Waals surface area contributed by atoms with E-state index in [9.17, 15) is 19.2 Å². The van der Waals surface area contributed by atoms with Crippen LogP contribution in [0.3, 0.4) is 0 Å². The van der Waals surface area contributed by atoms with Crippen LogP contribution in [0.25, 0.3) is 0 Å². The Labute approximate surface area is 212 Å². The van der Waals surface area contributed by atoms with E-state index in [-0.39, 0.29) is 25.3 Å². The molecule has 192 valence electrons. The Kier molecular flexibility index (Phi) is 8.29. The van der Waals surface area contributed by atoms with Crippen LogP contribution in [0.4, 0.5) is 16.0 Å². The molecule has 36 heavy (non-hydrogen) atoms. The van der Waals surface area contributed by atoms with Crippen molar-refractivity contribution in [3.8, 4) is 5.75 Å². The first kappa shape index (κ1) is 25.7. The highest BCUT2D eigenvalue weighted by Crippen LogP contribution is 2.32. The quantitative estimate of drug-likeness (QED) is 0.376. The fourth-order valence-corrected chi connectivity index (χ4v) is 4.34. The molecular weight excluding hydrogens is 491 g/mol. The van der Waals surface area contributed by atoms with Gasteiger partial charge in [-0.2, -0.15) is 0 Å². The number of hydrogen-bond donors (Lipinski definition) is 2. The van der Waals surface area contributed by atoms with Crippen molar-refractivity contribution >= 4 is 23.1 Å². The molecule has 9 nitrogen and oxygen atoms in total. The van der Waals surface area contributed by atoms with Crippen LogP contribution in [0.1, 0.15) is 24.0 Å². The lowest BCUT2D eigenvalue weighted by Crippen LogP contribution is -2.42. The predicted molar refractivity (Wildman–Crippen MR) is 135 cm³/mol. The fraction of sp³-hybridized carbons (Fsp3) is 0.360. The first-order chi connectivity index (χ1) is 17.4. The summed E-state index contributed by atoms with van der Waals surface area (Å²) in [6.45, 7) is 0.657. The van der Waals surface area contributed by atoms with E-state index in [0.29, 0.717) is 42.5 Å². The zero-order valence-corrected chi connectivity index (χ0v) is 20.6. The average Bonchev–Trinajstić information content (AvgIpc) is 3.25. The second-order valence-corrected chi connectivity index (χ2v) is 8.96. The second-order valence-electron chi connectivity index (χ2n) is 8.52. The van der Waals surface area contributed by atoms with Gasteiger partial charge < -0.3 is 20.1 Å². The van der Waals surface area contributed by atoms with Gasteiger partial charge in [0, 0.05) is 36.3 Å². The molecule has 0 bridgehead atoms. The molecule has 0 saturated heterocycles. The van der Waals surface area contributed by atoms with Gasteiger partial charge in [0.15, 0.2) is 5.75 Å². The first-order valence-corrected chi connectivity index (χ1v) is 12.0. The minimum atomic E-state index is -0.692. The summed E-state index contributed by atoms with van der Waals surface area (Å²) < 4.78 is 21.1. The molecule has 1 aliphatic heterocycles. The van der Waals surface area contributed by atoms with Crippen LogP contribution in [0, 0.1) is 0 Å². The summed E-state index contributed by atoms with van der Waals surface area (Å²) in [7, 11) is 1.59. The van der Waals surface area contributed by atoms with Crippen LogP contribution < -0.4 is 26.4 Å². The van der Waals surface area contributed by atoms with Crippen molar-refractivity contribution in [1.29, 1.82) is 0 Å². The Balaban J connectivity index is 1.57. The van der Waals surface area contributed by atoms with Crippen LogP contribution in [-0.2, 0) is 31.3 Å². The van der Waals surface area contributed by atoms with Gasteiger partial charge in [-0.15, -0.1) is 0 Å². The second kappa shape index (κ2) is 11.6. The Morgan fingerprint density at radius 1 is 1.11 bits per heavy atom. The third-order valence-corrected chi connectivity index (χ3v) is 6.29. The number of ether oxygens (including phenoxy) is 1. The van der Waals surface area contributed by atoms with E-state index in [1.54, 1.807) is 36.2 Å². The topological polar surface area (TPSA) is 98.0 Å². The summed E-state index contributed by atoms with van der Waals surface area (Å²) in [5.74, 6) is 0.519. The molecule has 0 aliphatic carbocycles. The molecule has 2 aromatic carbocycles. The molecule has 2 heterocycles. The largest absolute Gasteiger partial charge is 0.396 e. The summed E-state index contributed by atoms with van der Waals surface area (Å²) in [4.78, 5) is 31.8. The Morgan fingerprint density at radius 2 is 1.89 bits per heavy atom. The number of halogens is 2. The Bertz CT molecular complexity index is 1310. The number of aryl methyl sites for hydroxylation is 1. The van der Waals surface area contributed by atoms with Gasteiger partial charge in [0.1, 0.15) is 11.5 Å². The maximum atomic E-state index is 13.4. The number of aromatic nitrogens is 2. The molecule has 0 saturated carbocycles. The molecule has 0 spiro atoms. The number of anilines is 2. The van der Waals surface area contributed by atoms with Gasteiger partial charge in [-0.05, 0) is 54.7 Å². The average molecular weight is 519 g/mol. The lowest BCUT2D eigenvalue weighted by Gasteiger charge is -2.26. The van der Waals surface area contributed by atoms with Crippen molar-refractivity contribution in [3.05, 3.63) is 85.5 Å². The van der Waals surface area contributed by atoms with E-state index >= 15 is 0 Å². The van der Waals surface area contributed by atoms with Gasteiger partial charge in [0.25, 0.3) is 5.56 Å². The van der Waals surface area contributed by atoms with Crippen LogP contribution in [-0.4, -0.2) is 33.8 Å². The minimum absolute atomic E-state index is 0.108. The number of rotatable bonds is 11. The molecule has 0 amide bonds. The Hall–Kier alpha value is -3.34. The van der Waals surface area contributed by atoms with Gasteiger partial charge in [0.2, 0.25) is 6.35 Å². The SMILES string of the molecule is Cn1c2c(c(=O)n(CCCO)c1=O)N(Cc1ccc(Cl)cc1)C(OCCCc1cccc(OF)c1)N2. The van der Waals surface area contributed by atoms with Crippen molar-refractivity contribution in [2.24, 2.45) is 7.05 Å². The van der Waals surface area contributed by atoms with Crippen molar-refractivity contribution in [2.45, 2.75) is 38.7 Å². The standard InChI is InChI=1S/C25H28ClFN4O5/c1-29-22-21(23(33)30(25(29)34)12-4-13-32)31(16-18-8-10-19(26)11-9-18)24(28-22)35-14-3-6-17-5-2-7-20(15-17)36-27/h2,5,7-11,15,24,28,32H,3-4,6,12-14,16H2,1H3. The highest BCUT2D eigenvalue weighted by atomic mass is 35.5. The summed E-state index contributed by atoms with van der Waals surface area (Å²) in [5, 5.41) is 13.0. The molecule has 3 aromatic rings. The number of aliphatic hydroxyl groups excluding tert-OH is 1. The molecule has 4 rings (SSSR count). The monoisotopic (exact) mass is 518 g/mol. The first-order valence-electron chi connectivity index (χ1n) is 11.6. The molecule has 11 heteroatoms. The summed E-state index contributed by atoms with van der Waals surface area (Å²) in [5.41, 5.74) is 1.21. The summed E-state index contributed by atoms with van der Waals surface area (Å²) in [6.07, 6.45) is 0.870. The molecule has 1 atom stereocenters. The van der Waals surface area contributed by atoms with E-state index in [2.05, 4.69) is 10.3 Å². The molecule has 0 radical (unpaired) electrons. The molecule has 0 fully saturated rings. The van der Waals surface area contributed by atoms with Gasteiger partial charge >= 0.3 is 5.69 Å².